The Morgan fingerprint density at radius 1 is 1.38 bits per heavy atom. The van der Waals surface area contributed by atoms with Gasteiger partial charge in [0, 0.05) is 17.7 Å². The fourth-order valence-electron chi connectivity index (χ4n) is 2.49. The van der Waals surface area contributed by atoms with Gasteiger partial charge < -0.3 is 20.3 Å². The monoisotopic (exact) mass is 309 g/mol. The fraction of sp³-hybridized carbons (Fsp3) is 0.429. The molecule has 0 bridgehead atoms. The Kier molecular flexibility index (Phi) is 4.85. The van der Waals surface area contributed by atoms with Crippen LogP contribution in [0.1, 0.15) is 24.0 Å². The summed E-state index contributed by atoms with van der Waals surface area (Å²) < 4.78 is 10.5. The van der Waals surface area contributed by atoms with E-state index in [1.165, 1.54) is 7.11 Å². The predicted molar refractivity (Wildman–Crippen MR) is 85.2 cm³/mol. The third-order valence-corrected chi connectivity index (χ3v) is 3.55. The molecule has 0 radical (unpaired) electrons. The molecule has 0 atom stereocenters. The minimum Gasteiger partial charge on any atom is -0.504 e. The van der Waals surface area contributed by atoms with Crippen LogP contribution in [0, 0.1) is 0 Å². The first-order chi connectivity index (χ1) is 10.1. The van der Waals surface area contributed by atoms with E-state index in [1.807, 2.05) is 6.07 Å². The van der Waals surface area contributed by atoms with Gasteiger partial charge in [-0.1, -0.05) is 0 Å². The molecule has 0 aliphatic heterocycles. The number of aromatic hydroxyl groups is 1. The number of nitrogens with two attached hydrogens (primary N) is 1. The second-order valence-corrected chi connectivity index (χ2v) is 5.22. The number of nitrogens with zero attached hydrogens (tertiary/aromatic N) is 1. The van der Waals surface area contributed by atoms with Gasteiger partial charge in [-0.15, -0.1) is 0 Å². The molecule has 4 N–H and O–H groups in total. The summed E-state index contributed by atoms with van der Waals surface area (Å²) in [6.45, 7) is 0. The maximum Gasteiger partial charge on any atom is 0.203 e. The molecule has 7 heteroatoms. The third kappa shape index (κ3) is 3.36. The summed E-state index contributed by atoms with van der Waals surface area (Å²) in [5.41, 5.74) is 10.7. The van der Waals surface area contributed by atoms with Gasteiger partial charge in [-0.25, -0.2) is 0 Å². The molecule has 6 nitrogen and oxygen atoms in total. The van der Waals surface area contributed by atoms with Crippen LogP contribution >= 0.6 is 12.2 Å². The summed E-state index contributed by atoms with van der Waals surface area (Å²) >= 11 is 4.75. The number of methoxy groups -OCH3 is 2. The van der Waals surface area contributed by atoms with Crippen LogP contribution in [0.4, 0.5) is 0 Å². The van der Waals surface area contributed by atoms with Crippen molar-refractivity contribution >= 4 is 23.0 Å². The van der Waals surface area contributed by atoms with Crippen molar-refractivity contribution in [3.05, 3.63) is 17.2 Å². The lowest BCUT2D eigenvalue weighted by Gasteiger charge is -2.15. The summed E-state index contributed by atoms with van der Waals surface area (Å²) in [4.78, 5) is 0. The molecule has 1 aromatic carbocycles. The number of hydrazone groups is 1. The lowest BCUT2D eigenvalue weighted by molar-refractivity contribution is 0.331. The minimum absolute atomic E-state index is 0.108. The Balaban J connectivity index is 2.41. The number of fused-ring (bicyclic) bond motifs is 1. The molecule has 2 rings (SSSR count). The van der Waals surface area contributed by atoms with Gasteiger partial charge >= 0.3 is 0 Å². The van der Waals surface area contributed by atoms with Gasteiger partial charge in [-0.3, -0.25) is 5.43 Å². The second kappa shape index (κ2) is 6.62. The van der Waals surface area contributed by atoms with E-state index < -0.39 is 0 Å². The van der Waals surface area contributed by atoms with Crippen molar-refractivity contribution in [3.63, 3.8) is 0 Å². The zero-order valence-electron chi connectivity index (χ0n) is 12.1. The minimum atomic E-state index is 0.108. The normalized spacial score (nSPS) is 16.0. The van der Waals surface area contributed by atoms with E-state index in [1.54, 1.807) is 7.11 Å². The Bertz CT molecular complexity index is 587. The number of rotatable bonds is 3. The standard InChI is InChI=1S/C14H19N3O3S/c1-19-11-6-8-4-3-5-9(16-17-14(15)21)7-10(8)12(18)13(11)20-2/h6,18H,3-5,7H2,1-2H3,(H3,15,17,21)/b16-9+. The molecular formula is C14H19N3O3S. The highest BCUT2D eigenvalue weighted by molar-refractivity contribution is 7.80. The summed E-state index contributed by atoms with van der Waals surface area (Å²) in [5, 5.41) is 14.8. The molecular weight excluding hydrogens is 290 g/mol. The summed E-state index contributed by atoms with van der Waals surface area (Å²) in [6.07, 6.45) is 3.11. The Morgan fingerprint density at radius 3 is 2.76 bits per heavy atom. The van der Waals surface area contributed by atoms with Gasteiger partial charge in [0.1, 0.15) is 0 Å². The van der Waals surface area contributed by atoms with E-state index in [2.05, 4.69) is 10.5 Å². The first kappa shape index (κ1) is 15.4. The largest absolute Gasteiger partial charge is 0.504 e. The Hall–Kier alpha value is -2.02. The van der Waals surface area contributed by atoms with Gasteiger partial charge in [0.05, 0.1) is 14.2 Å². The van der Waals surface area contributed by atoms with Gasteiger partial charge in [0.25, 0.3) is 0 Å². The molecule has 21 heavy (non-hydrogen) atoms. The maximum atomic E-state index is 10.4. The highest BCUT2D eigenvalue weighted by Gasteiger charge is 2.22. The molecule has 0 saturated carbocycles. The van der Waals surface area contributed by atoms with Crippen LogP contribution in [0.2, 0.25) is 0 Å². The van der Waals surface area contributed by atoms with Crippen molar-refractivity contribution < 1.29 is 14.6 Å². The number of aryl methyl sites for hydroxylation is 1. The van der Waals surface area contributed by atoms with Crippen molar-refractivity contribution in [1.29, 1.82) is 0 Å². The molecule has 1 aliphatic rings. The molecule has 0 fully saturated rings. The zero-order chi connectivity index (χ0) is 15.4. The van der Waals surface area contributed by atoms with Crippen LogP contribution in [0.25, 0.3) is 0 Å². The van der Waals surface area contributed by atoms with E-state index in [0.29, 0.717) is 17.9 Å². The Morgan fingerprint density at radius 2 is 2.14 bits per heavy atom. The lowest BCUT2D eigenvalue weighted by atomic mass is 10.00. The summed E-state index contributed by atoms with van der Waals surface area (Å²) in [5.74, 6) is 0.993. The van der Waals surface area contributed by atoms with E-state index in [4.69, 9.17) is 27.4 Å². The number of phenols is 1. The predicted octanol–water partition coefficient (Wildman–Crippen LogP) is 1.48. The molecule has 0 unspecified atom stereocenters. The van der Waals surface area contributed by atoms with Crippen molar-refractivity contribution in [2.45, 2.75) is 25.7 Å². The number of phenolic OH excluding ortho intramolecular Hbond substituents is 1. The zero-order valence-corrected chi connectivity index (χ0v) is 12.9. The summed E-state index contributed by atoms with van der Waals surface area (Å²) in [6, 6.07) is 1.91. The van der Waals surface area contributed by atoms with Gasteiger partial charge in [0.2, 0.25) is 5.75 Å². The molecule has 0 amide bonds. The van der Waals surface area contributed by atoms with Crippen LogP contribution in [0.5, 0.6) is 17.2 Å². The number of thiocarbonyl (C=S) groups is 1. The van der Waals surface area contributed by atoms with Gasteiger partial charge in [0.15, 0.2) is 16.6 Å². The van der Waals surface area contributed by atoms with Crippen molar-refractivity contribution in [2.75, 3.05) is 14.2 Å². The molecule has 0 heterocycles. The SMILES string of the molecule is COc1cc2c(c(O)c1OC)C/C(=N/NC(N)=S)CCC2. The van der Waals surface area contributed by atoms with E-state index in [0.717, 1.165) is 36.1 Å². The molecule has 1 aromatic rings. The quantitative estimate of drug-likeness (QED) is 0.445. The molecule has 0 aromatic heterocycles. The molecule has 1 aliphatic carbocycles. The average molecular weight is 309 g/mol. The van der Waals surface area contributed by atoms with Crippen molar-refractivity contribution in [3.8, 4) is 17.2 Å². The number of ether oxygens (including phenoxy) is 2. The van der Waals surface area contributed by atoms with Gasteiger partial charge in [-0.05, 0) is 43.1 Å². The number of hydrogen-bond acceptors (Lipinski definition) is 5. The van der Waals surface area contributed by atoms with Crippen molar-refractivity contribution in [1.82, 2.24) is 5.43 Å². The number of nitrogens with one attached hydrogen (secondary N) is 1. The van der Waals surface area contributed by atoms with Crippen LogP contribution in [0.15, 0.2) is 11.2 Å². The van der Waals surface area contributed by atoms with E-state index in [9.17, 15) is 5.11 Å². The highest BCUT2D eigenvalue weighted by Crippen LogP contribution is 2.42. The number of hydrogen-bond donors (Lipinski definition) is 3. The van der Waals surface area contributed by atoms with Crippen LogP contribution in [-0.4, -0.2) is 30.2 Å². The fourth-order valence-corrected chi connectivity index (χ4v) is 2.54. The third-order valence-electron chi connectivity index (χ3n) is 3.46. The lowest BCUT2D eigenvalue weighted by Crippen LogP contribution is -2.25. The Labute approximate surface area is 128 Å². The smallest absolute Gasteiger partial charge is 0.203 e. The van der Waals surface area contributed by atoms with Crippen LogP contribution in [0.3, 0.4) is 0 Å². The van der Waals surface area contributed by atoms with E-state index in [-0.39, 0.29) is 10.9 Å². The van der Waals surface area contributed by atoms with E-state index >= 15 is 0 Å². The van der Waals surface area contributed by atoms with Crippen LogP contribution in [-0.2, 0) is 12.8 Å². The molecule has 114 valence electrons. The van der Waals surface area contributed by atoms with Crippen LogP contribution < -0.4 is 20.6 Å². The highest BCUT2D eigenvalue weighted by atomic mass is 32.1. The average Bonchev–Trinajstić information content (AvgIpc) is 2.67. The topological polar surface area (TPSA) is 89.1 Å². The second-order valence-electron chi connectivity index (χ2n) is 4.78. The summed E-state index contributed by atoms with van der Waals surface area (Å²) in [7, 11) is 3.06. The van der Waals surface area contributed by atoms with Gasteiger partial charge in [-0.2, -0.15) is 5.10 Å². The van der Waals surface area contributed by atoms with Crippen molar-refractivity contribution in [2.24, 2.45) is 10.8 Å². The molecule has 0 saturated heterocycles. The number of benzene rings is 1. The first-order valence-electron chi connectivity index (χ1n) is 6.63. The maximum absolute atomic E-state index is 10.4. The first-order valence-corrected chi connectivity index (χ1v) is 7.04. The molecule has 0 spiro atoms.